The van der Waals surface area contributed by atoms with E-state index in [-0.39, 0.29) is 18.2 Å². The third-order valence-electron chi connectivity index (χ3n) is 2.61. The molecule has 0 radical (unpaired) electrons. The van der Waals surface area contributed by atoms with Gasteiger partial charge in [-0.1, -0.05) is 13.8 Å². The van der Waals surface area contributed by atoms with Crippen LogP contribution in [0.5, 0.6) is 0 Å². The predicted molar refractivity (Wildman–Crippen MR) is 70.5 cm³/mol. The molecule has 0 unspecified atom stereocenters. The van der Waals surface area contributed by atoms with Gasteiger partial charge in [-0.05, 0) is 33.6 Å². The van der Waals surface area contributed by atoms with E-state index in [4.69, 9.17) is 9.05 Å². The van der Waals surface area contributed by atoms with Crippen molar-refractivity contribution in [1.82, 2.24) is 5.32 Å². The summed E-state index contributed by atoms with van der Waals surface area (Å²) < 4.78 is 23.6. The van der Waals surface area contributed by atoms with Gasteiger partial charge in [-0.15, -0.1) is 0 Å². The molecule has 17 heavy (non-hydrogen) atoms. The largest absolute Gasteiger partial charge is 0.332 e. The topological polar surface area (TPSA) is 57.5 Å². The van der Waals surface area contributed by atoms with Gasteiger partial charge >= 0.3 is 7.60 Å². The van der Waals surface area contributed by atoms with Crippen molar-refractivity contribution in [2.24, 2.45) is 5.92 Å². The zero-order valence-corrected chi connectivity index (χ0v) is 12.7. The highest BCUT2D eigenvalue weighted by Crippen LogP contribution is 2.52. The van der Waals surface area contributed by atoms with Crippen LogP contribution in [0.1, 0.15) is 41.5 Å². The summed E-state index contributed by atoms with van der Waals surface area (Å²) >= 11 is 0. The summed E-state index contributed by atoms with van der Waals surface area (Å²) in [5.74, 6) is 0.562. The molecule has 1 heterocycles. The van der Waals surface area contributed by atoms with E-state index in [1.54, 1.807) is 0 Å². The summed E-state index contributed by atoms with van der Waals surface area (Å²) in [6, 6.07) is 0.730. The quantitative estimate of drug-likeness (QED) is 0.566. The van der Waals surface area contributed by atoms with Crippen molar-refractivity contribution in [3.63, 3.8) is 0 Å². The minimum absolute atomic E-state index is 0.0733. The van der Waals surface area contributed by atoms with Crippen LogP contribution in [-0.2, 0) is 13.6 Å². The molecule has 2 atom stereocenters. The second-order valence-electron chi connectivity index (χ2n) is 5.64. The number of nitrogens with one attached hydrogen (secondary N) is 1. The molecule has 0 aliphatic carbocycles. The van der Waals surface area contributed by atoms with Crippen molar-refractivity contribution in [3.8, 4) is 0 Å². The van der Waals surface area contributed by atoms with Crippen LogP contribution in [0.15, 0.2) is 0 Å². The minimum Gasteiger partial charge on any atom is -0.307 e. The summed E-state index contributed by atoms with van der Waals surface area (Å²) in [4.78, 5) is 0. The molecule has 1 aliphatic rings. The summed E-state index contributed by atoms with van der Waals surface area (Å²) in [5.41, 5.74) is 0. The van der Waals surface area contributed by atoms with E-state index in [2.05, 4.69) is 19.2 Å². The lowest BCUT2D eigenvalue weighted by molar-refractivity contribution is 0.142. The van der Waals surface area contributed by atoms with Crippen molar-refractivity contribution in [3.05, 3.63) is 0 Å². The molecule has 0 aromatic carbocycles. The molecule has 1 aliphatic heterocycles. The molecule has 1 N–H and O–H groups in total. The van der Waals surface area contributed by atoms with Gasteiger partial charge in [0.1, 0.15) is 0 Å². The van der Waals surface area contributed by atoms with Crippen molar-refractivity contribution >= 4 is 7.60 Å². The van der Waals surface area contributed by atoms with Crippen LogP contribution in [0.25, 0.3) is 0 Å². The van der Waals surface area contributed by atoms with E-state index in [9.17, 15) is 4.57 Å². The molecule has 102 valence electrons. The molecule has 1 saturated heterocycles. The van der Waals surface area contributed by atoms with Crippen LogP contribution in [-0.4, -0.2) is 30.5 Å². The maximum atomic E-state index is 12.6. The first-order valence-corrected chi connectivity index (χ1v) is 8.18. The van der Waals surface area contributed by atoms with Gasteiger partial charge in [0.25, 0.3) is 0 Å². The van der Waals surface area contributed by atoms with Crippen LogP contribution in [0.3, 0.4) is 0 Å². The summed E-state index contributed by atoms with van der Waals surface area (Å²) in [6.07, 6.45) is 0.332. The maximum Gasteiger partial charge on any atom is 0.332 e. The van der Waals surface area contributed by atoms with Crippen molar-refractivity contribution < 1.29 is 13.6 Å². The Balaban J connectivity index is 2.56. The third kappa shape index (κ3) is 5.09. The average Bonchev–Trinajstić information content (AvgIpc) is 2.78. The van der Waals surface area contributed by atoms with E-state index >= 15 is 0 Å². The Kier molecular flexibility index (Phi) is 5.21. The van der Waals surface area contributed by atoms with Gasteiger partial charge in [-0.3, -0.25) is 4.57 Å². The lowest BCUT2D eigenvalue weighted by Gasteiger charge is -2.22. The van der Waals surface area contributed by atoms with Gasteiger partial charge in [0, 0.05) is 12.1 Å². The first-order valence-electron chi connectivity index (χ1n) is 6.45. The second-order valence-corrected chi connectivity index (χ2v) is 7.65. The van der Waals surface area contributed by atoms with Crippen LogP contribution in [0.2, 0.25) is 0 Å². The lowest BCUT2D eigenvalue weighted by atomic mass is 10.1. The molecule has 1 rings (SSSR count). The van der Waals surface area contributed by atoms with Crippen LogP contribution in [0, 0.1) is 5.92 Å². The van der Waals surface area contributed by atoms with E-state index in [1.807, 2.05) is 27.7 Å². The number of hydrogen-bond donors (Lipinski definition) is 1. The Morgan fingerprint density at radius 3 is 1.82 bits per heavy atom. The van der Waals surface area contributed by atoms with Gasteiger partial charge in [-0.25, -0.2) is 0 Å². The standard InChI is InChI=1S/C12H26NO3P/c1-8(2)12-11(13-12)7-17(14,15-9(3)4)16-10(5)6/h8-13H,7H2,1-6H3/t11-,12+/m0/s1. The lowest BCUT2D eigenvalue weighted by Crippen LogP contribution is -2.15. The predicted octanol–water partition coefficient (Wildman–Crippen LogP) is 3.03. The molecular weight excluding hydrogens is 237 g/mol. The normalized spacial score (nSPS) is 25.0. The Hall–Kier alpha value is 0.110. The Morgan fingerprint density at radius 1 is 1.06 bits per heavy atom. The first-order chi connectivity index (χ1) is 7.73. The van der Waals surface area contributed by atoms with Gasteiger partial charge in [0.15, 0.2) is 0 Å². The molecule has 0 aromatic rings. The average molecular weight is 263 g/mol. The Bertz CT molecular complexity index is 277. The smallest absolute Gasteiger partial charge is 0.307 e. The molecular formula is C12H26NO3P. The van der Waals surface area contributed by atoms with E-state index in [0.29, 0.717) is 18.1 Å². The Labute approximate surface area is 105 Å². The van der Waals surface area contributed by atoms with E-state index in [1.165, 1.54) is 0 Å². The molecule has 0 bridgehead atoms. The molecule has 5 heteroatoms. The van der Waals surface area contributed by atoms with Crippen LogP contribution >= 0.6 is 7.60 Å². The van der Waals surface area contributed by atoms with E-state index < -0.39 is 7.60 Å². The zero-order chi connectivity index (χ0) is 13.2. The van der Waals surface area contributed by atoms with Crippen LogP contribution in [0.4, 0.5) is 0 Å². The number of rotatable bonds is 7. The zero-order valence-electron chi connectivity index (χ0n) is 11.8. The number of hydrogen-bond acceptors (Lipinski definition) is 4. The fourth-order valence-corrected chi connectivity index (χ4v) is 4.33. The fraction of sp³-hybridized carbons (Fsp3) is 1.00. The van der Waals surface area contributed by atoms with Gasteiger partial charge in [-0.2, -0.15) is 0 Å². The molecule has 0 aromatic heterocycles. The van der Waals surface area contributed by atoms with Crippen LogP contribution < -0.4 is 5.32 Å². The summed E-state index contributed by atoms with van der Waals surface area (Å²) in [6.45, 7) is 11.9. The fourth-order valence-electron chi connectivity index (χ4n) is 2.01. The van der Waals surface area contributed by atoms with Crippen molar-refractivity contribution in [1.29, 1.82) is 0 Å². The van der Waals surface area contributed by atoms with Crippen molar-refractivity contribution in [2.75, 3.05) is 6.16 Å². The third-order valence-corrected chi connectivity index (χ3v) is 4.94. The first kappa shape index (κ1) is 15.2. The second kappa shape index (κ2) is 5.83. The molecule has 1 fully saturated rings. The van der Waals surface area contributed by atoms with Gasteiger partial charge in [0.05, 0.1) is 18.4 Å². The highest BCUT2D eigenvalue weighted by Gasteiger charge is 2.44. The molecule has 0 spiro atoms. The molecule has 0 amide bonds. The Morgan fingerprint density at radius 2 is 1.53 bits per heavy atom. The molecule has 4 nitrogen and oxygen atoms in total. The van der Waals surface area contributed by atoms with E-state index in [0.717, 1.165) is 0 Å². The molecule has 0 saturated carbocycles. The van der Waals surface area contributed by atoms with Gasteiger partial charge < -0.3 is 14.4 Å². The summed E-state index contributed by atoms with van der Waals surface area (Å²) in [7, 11) is -2.96. The summed E-state index contributed by atoms with van der Waals surface area (Å²) in [5, 5.41) is 3.34. The minimum atomic E-state index is -2.96. The SMILES string of the molecule is CC(C)OP(=O)(C[C@@H]1N[C@@H]1C(C)C)OC(C)C. The maximum absolute atomic E-state index is 12.6. The highest BCUT2D eigenvalue weighted by atomic mass is 31.2. The van der Waals surface area contributed by atoms with Crippen molar-refractivity contribution in [2.45, 2.75) is 65.8 Å². The highest BCUT2D eigenvalue weighted by molar-refractivity contribution is 7.54. The van der Waals surface area contributed by atoms with Gasteiger partial charge in [0.2, 0.25) is 0 Å². The monoisotopic (exact) mass is 263 g/mol.